The van der Waals surface area contributed by atoms with E-state index in [1.807, 2.05) is 38.1 Å². The SMILES string of the molecule is C#CCNC(=NCc1ccccc1CN1CCOCC1)Nc1ccc(OC(C)C)cc1. The zero-order valence-corrected chi connectivity index (χ0v) is 18.4. The summed E-state index contributed by atoms with van der Waals surface area (Å²) >= 11 is 0. The van der Waals surface area contributed by atoms with Gasteiger partial charge in [0, 0.05) is 25.3 Å². The van der Waals surface area contributed by atoms with Gasteiger partial charge in [-0.25, -0.2) is 4.99 Å². The highest BCUT2D eigenvalue weighted by Gasteiger charge is 2.12. The molecule has 1 aliphatic rings. The second kappa shape index (κ2) is 12.0. The number of terminal acetylenes is 1. The molecule has 0 spiro atoms. The molecule has 1 aliphatic heterocycles. The molecular formula is C25H32N4O2. The first-order valence-electron chi connectivity index (χ1n) is 10.8. The Labute approximate surface area is 185 Å². The molecule has 2 N–H and O–H groups in total. The molecule has 0 amide bonds. The number of morpholine rings is 1. The van der Waals surface area contributed by atoms with Crippen LogP contribution in [0.1, 0.15) is 25.0 Å². The van der Waals surface area contributed by atoms with E-state index in [1.54, 1.807) is 0 Å². The van der Waals surface area contributed by atoms with Crippen LogP contribution in [0, 0.1) is 12.3 Å². The Morgan fingerprint density at radius 1 is 1.13 bits per heavy atom. The van der Waals surface area contributed by atoms with E-state index in [-0.39, 0.29) is 6.10 Å². The molecule has 3 rings (SSSR count). The van der Waals surface area contributed by atoms with Gasteiger partial charge in [-0.05, 0) is 49.2 Å². The Balaban J connectivity index is 1.68. The summed E-state index contributed by atoms with van der Waals surface area (Å²) < 4.78 is 11.2. The van der Waals surface area contributed by atoms with E-state index in [4.69, 9.17) is 20.9 Å². The number of hydrogen-bond donors (Lipinski definition) is 2. The second-order valence-corrected chi connectivity index (χ2v) is 7.70. The molecule has 2 aromatic carbocycles. The van der Waals surface area contributed by atoms with E-state index in [1.165, 1.54) is 11.1 Å². The zero-order chi connectivity index (χ0) is 21.9. The van der Waals surface area contributed by atoms with E-state index < -0.39 is 0 Å². The third-order valence-electron chi connectivity index (χ3n) is 4.87. The number of nitrogens with zero attached hydrogens (tertiary/aromatic N) is 2. The summed E-state index contributed by atoms with van der Waals surface area (Å²) in [5.41, 5.74) is 3.41. The number of ether oxygens (including phenoxy) is 2. The van der Waals surface area contributed by atoms with Gasteiger partial charge in [0.2, 0.25) is 0 Å². The summed E-state index contributed by atoms with van der Waals surface area (Å²) in [6.45, 7) is 9.42. The molecule has 6 heteroatoms. The summed E-state index contributed by atoms with van der Waals surface area (Å²) in [5, 5.41) is 6.51. The lowest BCUT2D eigenvalue weighted by Gasteiger charge is -2.27. The van der Waals surface area contributed by atoms with Crippen LogP contribution >= 0.6 is 0 Å². The fraction of sp³-hybridized carbons (Fsp3) is 0.400. The summed E-state index contributed by atoms with van der Waals surface area (Å²) in [5.74, 6) is 4.10. The number of guanidine groups is 1. The van der Waals surface area contributed by atoms with E-state index in [9.17, 15) is 0 Å². The molecule has 0 aliphatic carbocycles. The Kier molecular flexibility index (Phi) is 8.77. The molecule has 1 saturated heterocycles. The van der Waals surface area contributed by atoms with Crippen molar-refractivity contribution < 1.29 is 9.47 Å². The van der Waals surface area contributed by atoms with Crippen molar-refractivity contribution in [2.75, 3.05) is 38.2 Å². The van der Waals surface area contributed by atoms with Crippen molar-refractivity contribution in [2.24, 2.45) is 4.99 Å². The van der Waals surface area contributed by atoms with Gasteiger partial charge in [-0.3, -0.25) is 4.90 Å². The van der Waals surface area contributed by atoms with Crippen LogP contribution < -0.4 is 15.4 Å². The van der Waals surface area contributed by atoms with Crippen LogP contribution in [0.15, 0.2) is 53.5 Å². The normalized spacial score (nSPS) is 14.8. The first kappa shape index (κ1) is 22.7. The van der Waals surface area contributed by atoms with Crippen molar-refractivity contribution in [2.45, 2.75) is 33.0 Å². The van der Waals surface area contributed by atoms with Gasteiger partial charge in [-0.15, -0.1) is 6.42 Å². The molecule has 0 aromatic heterocycles. The predicted molar refractivity (Wildman–Crippen MR) is 126 cm³/mol. The summed E-state index contributed by atoms with van der Waals surface area (Å²) in [6.07, 6.45) is 5.59. The van der Waals surface area contributed by atoms with Gasteiger partial charge in [0.05, 0.1) is 32.4 Å². The van der Waals surface area contributed by atoms with Gasteiger partial charge in [0.1, 0.15) is 5.75 Å². The molecule has 6 nitrogen and oxygen atoms in total. The molecule has 0 radical (unpaired) electrons. The maximum Gasteiger partial charge on any atom is 0.196 e. The van der Waals surface area contributed by atoms with E-state index in [0.29, 0.717) is 19.0 Å². The van der Waals surface area contributed by atoms with Crippen LogP contribution in [0.4, 0.5) is 5.69 Å². The second-order valence-electron chi connectivity index (χ2n) is 7.70. The molecule has 0 saturated carbocycles. The van der Waals surface area contributed by atoms with Crippen molar-refractivity contribution in [3.05, 3.63) is 59.7 Å². The van der Waals surface area contributed by atoms with Crippen LogP contribution in [0.3, 0.4) is 0 Å². The highest BCUT2D eigenvalue weighted by molar-refractivity contribution is 5.93. The molecule has 164 valence electrons. The number of aliphatic imine (C=N–C) groups is 1. The summed E-state index contributed by atoms with van der Waals surface area (Å²) in [7, 11) is 0. The quantitative estimate of drug-likeness (QED) is 0.389. The van der Waals surface area contributed by atoms with Gasteiger partial charge in [0.25, 0.3) is 0 Å². The smallest absolute Gasteiger partial charge is 0.196 e. The van der Waals surface area contributed by atoms with E-state index in [0.717, 1.165) is 44.3 Å². The first-order valence-corrected chi connectivity index (χ1v) is 10.8. The lowest BCUT2D eigenvalue weighted by Crippen LogP contribution is -2.35. The molecule has 1 heterocycles. The van der Waals surface area contributed by atoms with Gasteiger partial charge in [0.15, 0.2) is 5.96 Å². The van der Waals surface area contributed by atoms with E-state index >= 15 is 0 Å². The molecule has 31 heavy (non-hydrogen) atoms. The van der Waals surface area contributed by atoms with Crippen molar-refractivity contribution in [1.29, 1.82) is 0 Å². The highest BCUT2D eigenvalue weighted by Crippen LogP contribution is 2.17. The van der Waals surface area contributed by atoms with Crippen molar-refractivity contribution in [1.82, 2.24) is 10.2 Å². The minimum atomic E-state index is 0.144. The molecule has 2 aromatic rings. The van der Waals surface area contributed by atoms with Crippen LogP contribution in [-0.2, 0) is 17.8 Å². The number of rotatable bonds is 8. The predicted octanol–water partition coefficient (Wildman–Crippen LogP) is 3.50. The van der Waals surface area contributed by atoms with Crippen LogP contribution in [0.5, 0.6) is 5.75 Å². The van der Waals surface area contributed by atoms with Crippen LogP contribution in [-0.4, -0.2) is 49.8 Å². The third kappa shape index (κ3) is 7.63. The van der Waals surface area contributed by atoms with Gasteiger partial charge < -0.3 is 20.1 Å². The summed E-state index contributed by atoms with van der Waals surface area (Å²) in [6, 6.07) is 16.3. The van der Waals surface area contributed by atoms with Crippen molar-refractivity contribution in [3.8, 4) is 18.1 Å². The zero-order valence-electron chi connectivity index (χ0n) is 18.4. The topological polar surface area (TPSA) is 58.1 Å². The maximum atomic E-state index is 5.71. The molecule has 1 fully saturated rings. The number of hydrogen-bond acceptors (Lipinski definition) is 4. The highest BCUT2D eigenvalue weighted by atomic mass is 16.5. The Hall–Kier alpha value is -3.01. The molecular weight excluding hydrogens is 388 g/mol. The van der Waals surface area contributed by atoms with Crippen molar-refractivity contribution in [3.63, 3.8) is 0 Å². The summed E-state index contributed by atoms with van der Waals surface area (Å²) in [4.78, 5) is 7.19. The Morgan fingerprint density at radius 2 is 1.84 bits per heavy atom. The fourth-order valence-electron chi connectivity index (χ4n) is 3.33. The van der Waals surface area contributed by atoms with E-state index in [2.05, 4.69) is 45.7 Å². The average molecular weight is 421 g/mol. The van der Waals surface area contributed by atoms with Crippen LogP contribution in [0.2, 0.25) is 0 Å². The minimum Gasteiger partial charge on any atom is -0.491 e. The maximum absolute atomic E-state index is 5.71. The lowest BCUT2D eigenvalue weighted by atomic mass is 10.1. The minimum absolute atomic E-state index is 0.144. The molecule has 0 unspecified atom stereocenters. The average Bonchev–Trinajstić information content (AvgIpc) is 2.78. The fourth-order valence-corrected chi connectivity index (χ4v) is 3.33. The van der Waals surface area contributed by atoms with Crippen LogP contribution in [0.25, 0.3) is 0 Å². The first-order chi connectivity index (χ1) is 15.1. The Bertz CT molecular complexity index is 881. The van der Waals surface area contributed by atoms with Crippen molar-refractivity contribution >= 4 is 11.6 Å². The van der Waals surface area contributed by atoms with Gasteiger partial charge in [-0.1, -0.05) is 30.2 Å². The third-order valence-corrected chi connectivity index (χ3v) is 4.87. The molecule has 0 atom stereocenters. The monoisotopic (exact) mass is 420 g/mol. The molecule has 0 bridgehead atoms. The van der Waals surface area contributed by atoms with Gasteiger partial charge >= 0.3 is 0 Å². The standard InChI is InChI=1S/C25H32N4O2/c1-4-13-26-25(28-23-9-11-24(12-10-23)31-20(2)3)27-18-21-7-5-6-8-22(21)19-29-14-16-30-17-15-29/h1,5-12,20H,13-19H2,2-3H3,(H2,26,27,28). The Morgan fingerprint density at radius 3 is 2.52 bits per heavy atom. The number of anilines is 1. The number of nitrogens with one attached hydrogen (secondary N) is 2. The largest absolute Gasteiger partial charge is 0.491 e. The number of benzene rings is 2. The lowest BCUT2D eigenvalue weighted by molar-refractivity contribution is 0.0341. The van der Waals surface area contributed by atoms with Gasteiger partial charge in [-0.2, -0.15) is 0 Å².